The molecule has 0 aromatic rings. The third kappa shape index (κ3) is 14.7. The first kappa shape index (κ1) is 21.0. The molecule has 0 aliphatic rings. The number of unbranched alkanes of at least 4 members (excludes halogenated alkanes) is 6. The van der Waals surface area contributed by atoms with Crippen molar-refractivity contribution in [2.24, 2.45) is 11.8 Å². The molecule has 2 unspecified atom stereocenters. The summed E-state index contributed by atoms with van der Waals surface area (Å²) in [5.74, 6) is 1.99. The summed E-state index contributed by atoms with van der Waals surface area (Å²) in [5.41, 5.74) is 0. The van der Waals surface area contributed by atoms with Crippen LogP contribution in [0.1, 0.15) is 124 Å². The number of hydrogen-bond donors (Lipinski definition) is 0. The van der Waals surface area contributed by atoms with Gasteiger partial charge in [0.05, 0.1) is 0 Å². The van der Waals surface area contributed by atoms with Gasteiger partial charge in [-0.05, 0) is 11.8 Å². The Morgan fingerprint density at radius 3 is 1.57 bits per heavy atom. The summed E-state index contributed by atoms with van der Waals surface area (Å²) in [6, 6.07) is 0. The van der Waals surface area contributed by atoms with Gasteiger partial charge in [0.1, 0.15) is 0 Å². The summed E-state index contributed by atoms with van der Waals surface area (Å²) in [7, 11) is 0. The van der Waals surface area contributed by atoms with Crippen LogP contribution in [0.15, 0.2) is 0 Å². The molecule has 21 heavy (non-hydrogen) atoms. The van der Waals surface area contributed by atoms with Crippen LogP contribution in [0.3, 0.4) is 0 Å². The van der Waals surface area contributed by atoms with Crippen molar-refractivity contribution in [3.63, 3.8) is 0 Å². The van der Waals surface area contributed by atoms with Gasteiger partial charge in [-0.2, -0.15) is 0 Å². The summed E-state index contributed by atoms with van der Waals surface area (Å²) in [6.07, 6.45) is 21.7. The molecule has 0 saturated carbocycles. The van der Waals surface area contributed by atoms with Crippen LogP contribution >= 0.6 is 0 Å². The minimum atomic E-state index is 0.962. The van der Waals surface area contributed by atoms with Crippen LogP contribution in [0.25, 0.3) is 0 Å². The van der Waals surface area contributed by atoms with E-state index in [2.05, 4.69) is 27.7 Å². The molecule has 0 saturated heterocycles. The molecule has 0 fully saturated rings. The Morgan fingerprint density at radius 2 is 1.00 bits per heavy atom. The van der Waals surface area contributed by atoms with Gasteiger partial charge in [0, 0.05) is 0 Å². The fourth-order valence-corrected chi connectivity index (χ4v) is 3.52. The maximum Gasteiger partial charge on any atom is -0.0414 e. The van der Waals surface area contributed by atoms with Crippen LogP contribution in [-0.2, 0) is 0 Å². The van der Waals surface area contributed by atoms with Crippen molar-refractivity contribution in [3.8, 4) is 0 Å². The van der Waals surface area contributed by atoms with E-state index in [1.807, 2.05) is 0 Å². The molecule has 2 atom stereocenters. The largest absolute Gasteiger partial charge is 0.0654 e. The zero-order chi connectivity index (χ0) is 15.8. The SMILES string of the molecule is CCCCCCC(C)CCCC(CCC)CCCCCC. The second-order valence-corrected chi connectivity index (χ2v) is 7.39. The van der Waals surface area contributed by atoms with Crippen LogP contribution in [0.5, 0.6) is 0 Å². The second-order valence-electron chi connectivity index (χ2n) is 7.39. The molecule has 0 heterocycles. The molecule has 0 bridgehead atoms. The van der Waals surface area contributed by atoms with Gasteiger partial charge in [-0.15, -0.1) is 0 Å². The van der Waals surface area contributed by atoms with Crippen molar-refractivity contribution in [2.45, 2.75) is 124 Å². The third-order valence-electron chi connectivity index (χ3n) is 5.02. The lowest BCUT2D eigenvalue weighted by atomic mass is 9.89. The number of rotatable bonds is 16. The molecule has 128 valence electrons. The highest BCUT2D eigenvalue weighted by Gasteiger charge is 2.09. The monoisotopic (exact) mass is 296 g/mol. The smallest absolute Gasteiger partial charge is 0.0414 e. The highest BCUT2D eigenvalue weighted by atomic mass is 14.1. The molecule has 0 N–H and O–H groups in total. The Morgan fingerprint density at radius 1 is 0.476 bits per heavy atom. The number of hydrogen-bond acceptors (Lipinski definition) is 0. The average molecular weight is 297 g/mol. The maximum atomic E-state index is 2.47. The zero-order valence-corrected chi connectivity index (χ0v) is 15.8. The van der Waals surface area contributed by atoms with E-state index in [9.17, 15) is 0 Å². The Labute approximate surface area is 136 Å². The van der Waals surface area contributed by atoms with E-state index in [-0.39, 0.29) is 0 Å². The molecular formula is C21H44. The zero-order valence-electron chi connectivity index (χ0n) is 15.8. The van der Waals surface area contributed by atoms with Crippen LogP contribution in [-0.4, -0.2) is 0 Å². The van der Waals surface area contributed by atoms with E-state index in [4.69, 9.17) is 0 Å². The van der Waals surface area contributed by atoms with Gasteiger partial charge in [0.2, 0.25) is 0 Å². The molecule has 0 aromatic heterocycles. The van der Waals surface area contributed by atoms with Gasteiger partial charge in [0.15, 0.2) is 0 Å². The Kier molecular flexibility index (Phi) is 16.4. The third-order valence-corrected chi connectivity index (χ3v) is 5.02. The normalized spacial score (nSPS) is 14.3. The summed E-state index contributed by atoms with van der Waals surface area (Å²) in [5, 5.41) is 0. The summed E-state index contributed by atoms with van der Waals surface area (Å²) in [6.45, 7) is 9.45. The van der Waals surface area contributed by atoms with Gasteiger partial charge in [-0.3, -0.25) is 0 Å². The van der Waals surface area contributed by atoms with E-state index >= 15 is 0 Å². The van der Waals surface area contributed by atoms with Crippen molar-refractivity contribution in [2.75, 3.05) is 0 Å². The van der Waals surface area contributed by atoms with Crippen molar-refractivity contribution < 1.29 is 0 Å². The van der Waals surface area contributed by atoms with Crippen molar-refractivity contribution in [1.29, 1.82) is 0 Å². The van der Waals surface area contributed by atoms with Crippen molar-refractivity contribution >= 4 is 0 Å². The quantitative estimate of drug-likeness (QED) is 0.252. The molecule has 0 aliphatic heterocycles. The highest BCUT2D eigenvalue weighted by Crippen LogP contribution is 2.24. The summed E-state index contributed by atoms with van der Waals surface area (Å²) in [4.78, 5) is 0. The lowest BCUT2D eigenvalue weighted by molar-refractivity contribution is 0.357. The van der Waals surface area contributed by atoms with E-state index < -0.39 is 0 Å². The van der Waals surface area contributed by atoms with Gasteiger partial charge in [-0.25, -0.2) is 0 Å². The molecule has 0 spiro atoms. The predicted molar refractivity (Wildman–Crippen MR) is 98.9 cm³/mol. The minimum Gasteiger partial charge on any atom is -0.0654 e. The molecule has 0 amide bonds. The molecule has 0 heteroatoms. The predicted octanol–water partition coefficient (Wildman–Crippen LogP) is 8.15. The van der Waals surface area contributed by atoms with E-state index in [1.165, 1.54) is 96.3 Å². The van der Waals surface area contributed by atoms with Crippen LogP contribution in [0, 0.1) is 11.8 Å². The van der Waals surface area contributed by atoms with Gasteiger partial charge in [-0.1, -0.05) is 124 Å². The fraction of sp³-hybridized carbons (Fsp3) is 1.00. The fourth-order valence-electron chi connectivity index (χ4n) is 3.52. The molecular weight excluding hydrogens is 252 g/mol. The molecule has 0 aromatic carbocycles. The standard InChI is InChI=1S/C21H44/c1-5-8-10-12-16-20(4)17-14-19-21(15-7-3)18-13-11-9-6-2/h20-21H,5-19H2,1-4H3. The molecule has 0 radical (unpaired) electrons. The van der Waals surface area contributed by atoms with Gasteiger partial charge < -0.3 is 0 Å². The first-order valence-corrected chi connectivity index (χ1v) is 10.2. The van der Waals surface area contributed by atoms with Gasteiger partial charge >= 0.3 is 0 Å². The summed E-state index contributed by atoms with van der Waals surface area (Å²) >= 11 is 0. The first-order valence-electron chi connectivity index (χ1n) is 10.2. The Bertz CT molecular complexity index is 184. The van der Waals surface area contributed by atoms with Crippen LogP contribution < -0.4 is 0 Å². The van der Waals surface area contributed by atoms with Crippen LogP contribution in [0.2, 0.25) is 0 Å². The first-order chi connectivity index (χ1) is 10.2. The molecule has 0 nitrogen and oxygen atoms in total. The van der Waals surface area contributed by atoms with E-state index in [0.717, 1.165) is 11.8 Å². The summed E-state index contributed by atoms with van der Waals surface area (Å²) < 4.78 is 0. The maximum absolute atomic E-state index is 2.47. The molecule has 0 rings (SSSR count). The topological polar surface area (TPSA) is 0 Å². The van der Waals surface area contributed by atoms with Crippen molar-refractivity contribution in [1.82, 2.24) is 0 Å². The van der Waals surface area contributed by atoms with Crippen molar-refractivity contribution in [3.05, 3.63) is 0 Å². The van der Waals surface area contributed by atoms with Crippen LogP contribution in [0.4, 0.5) is 0 Å². The lowest BCUT2D eigenvalue weighted by Crippen LogP contribution is -2.03. The Hall–Kier alpha value is 0. The Balaban J connectivity index is 3.61. The minimum absolute atomic E-state index is 0.962. The lowest BCUT2D eigenvalue weighted by Gasteiger charge is -2.17. The second kappa shape index (κ2) is 16.4. The average Bonchev–Trinajstić information content (AvgIpc) is 2.48. The van der Waals surface area contributed by atoms with Gasteiger partial charge in [0.25, 0.3) is 0 Å². The highest BCUT2D eigenvalue weighted by molar-refractivity contribution is 4.62. The van der Waals surface area contributed by atoms with E-state index in [0.29, 0.717) is 0 Å². The molecule has 0 aliphatic carbocycles. The van der Waals surface area contributed by atoms with E-state index in [1.54, 1.807) is 0 Å².